The maximum absolute atomic E-state index is 13.5. The van der Waals surface area contributed by atoms with Crippen LogP contribution in [0.1, 0.15) is 49.1 Å². The zero-order valence-corrected chi connectivity index (χ0v) is 17.2. The molecule has 4 rings (SSSR count). The lowest BCUT2D eigenvalue weighted by Gasteiger charge is -2.38. The van der Waals surface area contributed by atoms with Crippen molar-refractivity contribution in [2.45, 2.75) is 56.7 Å². The number of rotatable bonds is 6. The SMILES string of the molecule is NC1CCN(Cc2ccccc2)C[C@H]1CO[C@H]1CC[C@@H](c2cccc(F)c2)CC1. The molecule has 156 valence electrons. The Morgan fingerprint density at radius 3 is 2.52 bits per heavy atom. The second-order valence-electron chi connectivity index (χ2n) is 8.80. The van der Waals surface area contributed by atoms with Crippen molar-refractivity contribution in [3.05, 3.63) is 71.5 Å². The molecule has 29 heavy (non-hydrogen) atoms. The van der Waals surface area contributed by atoms with Crippen molar-refractivity contribution in [3.8, 4) is 0 Å². The Labute approximate surface area is 174 Å². The molecular formula is C25H33FN2O. The Bertz CT molecular complexity index is 760. The smallest absolute Gasteiger partial charge is 0.123 e. The van der Waals surface area contributed by atoms with Crippen LogP contribution in [0.25, 0.3) is 0 Å². The number of benzene rings is 2. The van der Waals surface area contributed by atoms with Crippen LogP contribution in [0.3, 0.4) is 0 Å². The van der Waals surface area contributed by atoms with Crippen molar-refractivity contribution in [2.24, 2.45) is 11.7 Å². The van der Waals surface area contributed by atoms with Crippen LogP contribution in [0.15, 0.2) is 54.6 Å². The van der Waals surface area contributed by atoms with Gasteiger partial charge in [-0.25, -0.2) is 4.39 Å². The van der Waals surface area contributed by atoms with E-state index in [0.29, 0.717) is 17.9 Å². The van der Waals surface area contributed by atoms with Crippen LogP contribution in [0.2, 0.25) is 0 Å². The van der Waals surface area contributed by atoms with E-state index in [1.54, 1.807) is 6.07 Å². The molecule has 2 fully saturated rings. The first-order valence-electron chi connectivity index (χ1n) is 11.1. The molecule has 1 aliphatic heterocycles. The van der Waals surface area contributed by atoms with Gasteiger partial charge in [0.2, 0.25) is 0 Å². The van der Waals surface area contributed by atoms with E-state index in [4.69, 9.17) is 10.5 Å². The van der Waals surface area contributed by atoms with Crippen molar-refractivity contribution >= 4 is 0 Å². The van der Waals surface area contributed by atoms with Crippen molar-refractivity contribution < 1.29 is 9.13 Å². The van der Waals surface area contributed by atoms with Crippen molar-refractivity contribution in [1.82, 2.24) is 4.90 Å². The van der Waals surface area contributed by atoms with Crippen molar-refractivity contribution in [1.29, 1.82) is 0 Å². The van der Waals surface area contributed by atoms with Crippen LogP contribution in [0.5, 0.6) is 0 Å². The molecule has 0 spiro atoms. The van der Waals surface area contributed by atoms with E-state index >= 15 is 0 Å². The van der Waals surface area contributed by atoms with Crippen molar-refractivity contribution in [2.75, 3.05) is 19.7 Å². The molecule has 1 saturated heterocycles. The van der Waals surface area contributed by atoms with Gasteiger partial charge in [-0.05, 0) is 67.8 Å². The Hall–Kier alpha value is -1.75. The number of nitrogens with zero attached hydrogens (tertiary/aromatic N) is 1. The Balaban J connectivity index is 1.23. The molecule has 1 saturated carbocycles. The quantitative estimate of drug-likeness (QED) is 0.768. The molecule has 3 nitrogen and oxygen atoms in total. The summed E-state index contributed by atoms with van der Waals surface area (Å²) in [4.78, 5) is 2.51. The van der Waals surface area contributed by atoms with Gasteiger partial charge in [0, 0.05) is 25.0 Å². The van der Waals surface area contributed by atoms with Crippen LogP contribution in [0.4, 0.5) is 4.39 Å². The minimum atomic E-state index is -0.132. The van der Waals surface area contributed by atoms with Crippen molar-refractivity contribution in [3.63, 3.8) is 0 Å². The number of halogens is 1. The standard InChI is InChI=1S/C25H33FN2O/c26-23-8-4-7-21(15-23)20-9-11-24(12-10-20)29-18-22-17-28(14-13-25(22)27)16-19-5-2-1-3-6-19/h1-8,15,20,22,24-25H,9-14,16-18,27H2/t20-,22-,24+,25?/m0/s1. The zero-order valence-electron chi connectivity index (χ0n) is 17.2. The first-order chi connectivity index (χ1) is 14.2. The highest BCUT2D eigenvalue weighted by Crippen LogP contribution is 2.34. The lowest BCUT2D eigenvalue weighted by Crippen LogP contribution is -2.48. The summed E-state index contributed by atoms with van der Waals surface area (Å²) in [6.45, 7) is 3.81. The third-order valence-corrected chi connectivity index (χ3v) is 6.67. The molecule has 0 amide bonds. The summed E-state index contributed by atoms with van der Waals surface area (Å²) in [7, 11) is 0. The second-order valence-corrected chi connectivity index (χ2v) is 8.80. The Morgan fingerprint density at radius 1 is 0.966 bits per heavy atom. The van der Waals surface area contributed by atoms with Crippen LogP contribution in [-0.2, 0) is 11.3 Å². The van der Waals surface area contributed by atoms with Gasteiger partial charge in [-0.1, -0.05) is 42.5 Å². The van der Waals surface area contributed by atoms with Gasteiger partial charge >= 0.3 is 0 Å². The van der Waals surface area contributed by atoms with E-state index in [-0.39, 0.29) is 11.9 Å². The molecule has 0 bridgehead atoms. The maximum Gasteiger partial charge on any atom is 0.123 e. The summed E-state index contributed by atoms with van der Waals surface area (Å²) in [5.41, 5.74) is 8.91. The highest BCUT2D eigenvalue weighted by Gasteiger charge is 2.29. The van der Waals surface area contributed by atoms with Gasteiger partial charge in [0.15, 0.2) is 0 Å². The summed E-state index contributed by atoms with van der Waals surface area (Å²) in [5.74, 6) is 0.726. The molecule has 2 aromatic rings. The van der Waals surface area contributed by atoms with Crippen LogP contribution in [0, 0.1) is 11.7 Å². The largest absolute Gasteiger partial charge is 0.378 e. The van der Waals surface area contributed by atoms with E-state index in [9.17, 15) is 4.39 Å². The molecule has 1 heterocycles. The fourth-order valence-corrected chi connectivity index (χ4v) is 4.87. The molecule has 1 unspecified atom stereocenters. The molecule has 2 aliphatic rings. The third-order valence-electron chi connectivity index (χ3n) is 6.67. The second kappa shape index (κ2) is 9.84. The molecule has 0 radical (unpaired) electrons. The van der Waals surface area contributed by atoms with E-state index in [1.165, 1.54) is 11.6 Å². The summed E-state index contributed by atoms with van der Waals surface area (Å²) in [5, 5.41) is 0. The van der Waals surface area contributed by atoms with Gasteiger partial charge in [-0.15, -0.1) is 0 Å². The van der Waals surface area contributed by atoms with Gasteiger partial charge < -0.3 is 10.5 Å². The minimum absolute atomic E-state index is 0.132. The first kappa shape index (κ1) is 20.5. The number of likely N-dealkylation sites (tertiary alicyclic amines) is 1. The van der Waals surface area contributed by atoms with E-state index in [0.717, 1.165) is 63.9 Å². The highest BCUT2D eigenvalue weighted by molar-refractivity contribution is 5.21. The molecule has 0 aromatic heterocycles. The highest BCUT2D eigenvalue weighted by atomic mass is 19.1. The molecule has 2 atom stereocenters. The summed E-state index contributed by atoms with van der Waals surface area (Å²) >= 11 is 0. The predicted molar refractivity (Wildman–Crippen MR) is 115 cm³/mol. The van der Waals surface area contributed by atoms with Gasteiger partial charge in [0.05, 0.1) is 12.7 Å². The number of ether oxygens (including phenoxy) is 1. The van der Waals surface area contributed by atoms with Crippen LogP contribution in [-0.4, -0.2) is 36.7 Å². The van der Waals surface area contributed by atoms with E-state index in [1.807, 2.05) is 6.07 Å². The molecular weight excluding hydrogens is 363 g/mol. The predicted octanol–water partition coefficient (Wildman–Crippen LogP) is 4.72. The normalized spacial score (nSPS) is 28.3. The van der Waals surface area contributed by atoms with Gasteiger partial charge in [-0.2, -0.15) is 0 Å². The molecule has 2 N–H and O–H groups in total. The van der Waals surface area contributed by atoms with Gasteiger partial charge in [-0.3, -0.25) is 4.90 Å². The summed E-state index contributed by atoms with van der Waals surface area (Å²) in [6.07, 6.45) is 5.60. The average molecular weight is 397 g/mol. The first-order valence-corrected chi connectivity index (χ1v) is 11.1. The minimum Gasteiger partial charge on any atom is -0.378 e. The molecule has 4 heteroatoms. The molecule has 1 aliphatic carbocycles. The summed E-state index contributed by atoms with van der Waals surface area (Å²) < 4.78 is 19.8. The number of nitrogens with two attached hydrogens (primary N) is 1. The Morgan fingerprint density at radius 2 is 1.76 bits per heavy atom. The van der Waals surface area contributed by atoms with Crippen LogP contribution < -0.4 is 5.73 Å². The number of hydrogen-bond donors (Lipinski definition) is 1. The van der Waals surface area contributed by atoms with Gasteiger partial charge in [0.1, 0.15) is 5.82 Å². The monoisotopic (exact) mass is 396 g/mol. The Kier molecular flexibility index (Phi) is 6.96. The van der Waals surface area contributed by atoms with Gasteiger partial charge in [0.25, 0.3) is 0 Å². The van der Waals surface area contributed by atoms with E-state index < -0.39 is 0 Å². The lowest BCUT2D eigenvalue weighted by molar-refractivity contribution is -0.0162. The topological polar surface area (TPSA) is 38.5 Å². The molecule has 2 aromatic carbocycles. The fraction of sp³-hybridized carbons (Fsp3) is 0.520. The zero-order chi connectivity index (χ0) is 20.1. The third kappa shape index (κ3) is 5.65. The number of piperidine rings is 1. The maximum atomic E-state index is 13.5. The van der Waals surface area contributed by atoms with E-state index in [2.05, 4.69) is 41.3 Å². The average Bonchev–Trinajstić information content (AvgIpc) is 2.75. The summed E-state index contributed by atoms with van der Waals surface area (Å²) in [6, 6.07) is 18.0. The van der Waals surface area contributed by atoms with Crippen LogP contribution >= 0.6 is 0 Å². The fourth-order valence-electron chi connectivity index (χ4n) is 4.87. The number of hydrogen-bond acceptors (Lipinski definition) is 3. The lowest BCUT2D eigenvalue weighted by atomic mass is 9.82.